The number of nitrogens with one attached hydrogen (secondary N) is 1. The number of imidazole rings is 1. The van der Waals surface area contributed by atoms with Crippen LogP contribution in [-0.4, -0.2) is 38.7 Å². The van der Waals surface area contributed by atoms with Crippen LogP contribution >= 0.6 is 0 Å². The fraction of sp³-hybridized carbons (Fsp3) is 0.444. The minimum absolute atomic E-state index is 0.0739. The van der Waals surface area contributed by atoms with E-state index in [-0.39, 0.29) is 19.5 Å². The van der Waals surface area contributed by atoms with Crippen LogP contribution in [0.2, 0.25) is 0 Å². The quantitative estimate of drug-likeness (QED) is 0.900. The number of carbonyl (C=O) groups is 1. The molecule has 1 N–H and O–H groups in total. The fourth-order valence-electron chi connectivity index (χ4n) is 3.60. The number of alkyl halides is 3. The van der Waals surface area contributed by atoms with Crippen molar-refractivity contribution < 1.29 is 18.0 Å². The summed E-state index contributed by atoms with van der Waals surface area (Å²) in [5.74, 6) is -1.51. The molecule has 1 aromatic heterocycles. The summed E-state index contributed by atoms with van der Waals surface area (Å²) < 4.78 is 41.4. The molecular formula is C18H21F3N4O. The number of urea groups is 1. The number of amides is 2. The van der Waals surface area contributed by atoms with Crippen LogP contribution in [0.3, 0.4) is 0 Å². The summed E-state index contributed by atoms with van der Waals surface area (Å²) in [6.45, 7) is 3.25. The minimum atomic E-state index is -4.31. The van der Waals surface area contributed by atoms with Crippen LogP contribution in [0.5, 0.6) is 0 Å². The zero-order chi connectivity index (χ0) is 18.9. The zero-order valence-corrected chi connectivity index (χ0v) is 14.6. The first-order chi connectivity index (χ1) is 12.2. The van der Waals surface area contributed by atoms with Crippen molar-refractivity contribution >= 4 is 6.03 Å². The molecule has 1 aromatic carbocycles. The van der Waals surface area contributed by atoms with Gasteiger partial charge in [-0.1, -0.05) is 18.2 Å². The van der Waals surface area contributed by atoms with Gasteiger partial charge in [-0.3, -0.25) is 0 Å². The summed E-state index contributed by atoms with van der Waals surface area (Å²) in [5.41, 5.74) is 0.439. The van der Waals surface area contributed by atoms with E-state index in [1.54, 1.807) is 18.7 Å². The highest BCUT2D eigenvalue weighted by atomic mass is 19.4. The van der Waals surface area contributed by atoms with E-state index in [0.29, 0.717) is 0 Å². The molecule has 1 unspecified atom stereocenters. The largest absolute Gasteiger partial charge is 0.394 e. The standard InChI is InChI=1S/C18H21F3N4O/c1-17(2)15(18(19,20)21)7-9-25(17)16(26)23-11-13-5-3-4-6-14(13)24-10-8-22-12-24/h3-6,8,10,12,15H,7,9,11H2,1-2H3,(H,23,26). The van der Waals surface area contributed by atoms with Crippen molar-refractivity contribution in [3.05, 3.63) is 48.5 Å². The maximum absolute atomic E-state index is 13.2. The Bertz CT molecular complexity index is 771. The Labute approximate surface area is 149 Å². The second-order valence-electron chi connectivity index (χ2n) is 6.95. The van der Waals surface area contributed by atoms with Gasteiger partial charge >= 0.3 is 12.2 Å². The number of likely N-dealkylation sites (tertiary alicyclic amines) is 1. The van der Waals surface area contributed by atoms with Gasteiger partial charge in [0.25, 0.3) is 0 Å². The van der Waals surface area contributed by atoms with Gasteiger partial charge in [0.2, 0.25) is 0 Å². The number of hydrogen-bond acceptors (Lipinski definition) is 2. The third-order valence-electron chi connectivity index (χ3n) is 5.03. The zero-order valence-electron chi connectivity index (χ0n) is 14.6. The molecule has 8 heteroatoms. The van der Waals surface area contributed by atoms with Gasteiger partial charge in [0, 0.05) is 25.5 Å². The lowest BCUT2D eigenvalue weighted by molar-refractivity contribution is -0.189. The van der Waals surface area contributed by atoms with Gasteiger partial charge in [0.15, 0.2) is 0 Å². The molecule has 26 heavy (non-hydrogen) atoms. The van der Waals surface area contributed by atoms with Crippen molar-refractivity contribution in [3.8, 4) is 5.69 Å². The predicted octanol–water partition coefficient (Wildman–Crippen LogP) is 3.74. The summed E-state index contributed by atoms with van der Waals surface area (Å²) in [4.78, 5) is 17.8. The van der Waals surface area contributed by atoms with Crippen molar-refractivity contribution in [1.82, 2.24) is 19.8 Å². The molecular weight excluding hydrogens is 345 g/mol. The second-order valence-corrected chi connectivity index (χ2v) is 6.95. The fourth-order valence-corrected chi connectivity index (χ4v) is 3.60. The lowest BCUT2D eigenvalue weighted by Crippen LogP contribution is -2.52. The number of benzene rings is 1. The highest BCUT2D eigenvalue weighted by Crippen LogP contribution is 2.44. The lowest BCUT2D eigenvalue weighted by atomic mass is 9.88. The molecule has 1 saturated heterocycles. The maximum atomic E-state index is 13.2. The third kappa shape index (κ3) is 3.40. The molecule has 0 spiro atoms. The van der Waals surface area contributed by atoms with Gasteiger partial charge in [-0.25, -0.2) is 9.78 Å². The van der Waals surface area contributed by atoms with Gasteiger partial charge in [0.05, 0.1) is 23.5 Å². The normalized spacial score (nSPS) is 19.6. The highest BCUT2D eigenvalue weighted by Gasteiger charge is 2.56. The van der Waals surface area contributed by atoms with Crippen LogP contribution in [0.1, 0.15) is 25.8 Å². The van der Waals surface area contributed by atoms with Crippen LogP contribution in [0.4, 0.5) is 18.0 Å². The molecule has 0 bridgehead atoms. The second kappa shape index (κ2) is 6.66. The average molecular weight is 366 g/mol. The van der Waals surface area contributed by atoms with Crippen molar-refractivity contribution in [1.29, 1.82) is 0 Å². The van der Waals surface area contributed by atoms with E-state index in [9.17, 15) is 18.0 Å². The van der Waals surface area contributed by atoms with Gasteiger partial charge in [-0.15, -0.1) is 0 Å². The number of rotatable bonds is 3. The number of aromatic nitrogens is 2. The number of carbonyl (C=O) groups excluding carboxylic acids is 1. The lowest BCUT2D eigenvalue weighted by Gasteiger charge is -2.36. The third-order valence-corrected chi connectivity index (χ3v) is 5.03. The summed E-state index contributed by atoms with van der Waals surface area (Å²) in [6.07, 6.45) is 0.706. The molecule has 2 aromatic rings. The van der Waals surface area contributed by atoms with Crippen LogP contribution in [-0.2, 0) is 6.54 Å². The van der Waals surface area contributed by atoms with Gasteiger partial charge < -0.3 is 14.8 Å². The predicted molar refractivity (Wildman–Crippen MR) is 90.7 cm³/mol. The molecule has 2 heterocycles. The van der Waals surface area contributed by atoms with E-state index in [2.05, 4.69) is 10.3 Å². The SMILES string of the molecule is CC1(C)C(C(F)(F)F)CCN1C(=O)NCc1ccccc1-n1ccnc1. The summed E-state index contributed by atoms with van der Waals surface area (Å²) in [7, 11) is 0. The molecule has 0 radical (unpaired) electrons. The molecule has 0 saturated carbocycles. The topological polar surface area (TPSA) is 50.2 Å². The van der Waals surface area contributed by atoms with Crippen LogP contribution in [0.25, 0.3) is 5.69 Å². The van der Waals surface area contributed by atoms with Crippen molar-refractivity contribution in [3.63, 3.8) is 0 Å². The van der Waals surface area contributed by atoms with Gasteiger partial charge in [0.1, 0.15) is 0 Å². The van der Waals surface area contributed by atoms with Crippen molar-refractivity contribution in [2.45, 2.75) is 38.5 Å². The van der Waals surface area contributed by atoms with E-state index < -0.39 is 23.7 Å². The number of nitrogens with zero attached hydrogens (tertiary/aromatic N) is 3. The number of hydrogen-bond donors (Lipinski definition) is 1. The Kier molecular flexibility index (Phi) is 4.68. The molecule has 1 aliphatic rings. The number of halogens is 3. The van der Waals surface area contributed by atoms with Crippen LogP contribution in [0, 0.1) is 5.92 Å². The van der Waals surface area contributed by atoms with Crippen LogP contribution < -0.4 is 5.32 Å². The Hall–Kier alpha value is -2.51. The van der Waals surface area contributed by atoms with Crippen LogP contribution in [0.15, 0.2) is 43.0 Å². The summed E-state index contributed by atoms with van der Waals surface area (Å²) in [6, 6.07) is 6.99. The maximum Gasteiger partial charge on any atom is 0.394 e. The smallest absolute Gasteiger partial charge is 0.334 e. The molecule has 1 aliphatic heterocycles. The van der Waals surface area contributed by atoms with E-state index in [4.69, 9.17) is 0 Å². The minimum Gasteiger partial charge on any atom is -0.334 e. The summed E-state index contributed by atoms with van der Waals surface area (Å²) >= 11 is 0. The monoisotopic (exact) mass is 366 g/mol. The van der Waals surface area contributed by atoms with Gasteiger partial charge in [-0.2, -0.15) is 13.2 Å². The average Bonchev–Trinajstić information content (AvgIpc) is 3.19. The van der Waals surface area contributed by atoms with E-state index in [1.165, 1.54) is 18.7 Å². The molecule has 5 nitrogen and oxygen atoms in total. The molecule has 1 fully saturated rings. The van der Waals surface area contributed by atoms with Crippen molar-refractivity contribution in [2.24, 2.45) is 5.92 Å². The van der Waals surface area contributed by atoms with E-state index in [1.807, 2.05) is 28.8 Å². The molecule has 2 amide bonds. The van der Waals surface area contributed by atoms with E-state index >= 15 is 0 Å². The first kappa shape index (κ1) is 18.3. The van der Waals surface area contributed by atoms with Crippen molar-refractivity contribution in [2.75, 3.05) is 6.54 Å². The Morgan fingerprint density at radius 2 is 2.08 bits per heavy atom. The molecule has 0 aliphatic carbocycles. The highest BCUT2D eigenvalue weighted by molar-refractivity contribution is 5.75. The first-order valence-corrected chi connectivity index (χ1v) is 8.39. The molecule has 1 atom stereocenters. The molecule has 140 valence electrons. The summed E-state index contributed by atoms with van der Waals surface area (Å²) in [5, 5.41) is 2.76. The Balaban J connectivity index is 1.71. The Morgan fingerprint density at radius 3 is 2.69 bits per heavy atom. The van der Waals surface area contributed by atoms with Gasteiger partial charge in [-0.05, 0) is 31.9 Å². The Morgan fingerprint density at radius 1 is 1.35 bits per heavy atom. The number of para-hydroxylation sites is 1. The molecule has 3 rings (SSSR count). The van der Waals surface area contributed by atoms with E-state index in [0.717, 1.165) is 11.3 Å². The first-order valence-electron chi connectivity index (χ1n) is 8.39.